The van der Waals surface area contributed by atoms with Gasteiger partial charge in [-0.05, 0) is 43.0 Å². The monoisotopic (exact) mass is 361 g/mol. The lowest BCUT2D eigenvalue weighted by Crippen LogP contribution is -2.17. The molecular weight excluding hydrogens is 346 g/mol. The minimum absolute atomic E-state index is 0.0119. The van der Waals surface area contributed by atoms with E-state index in [1.54, 1.807) is 6.33 Å². The number of ether oxygens (including phenoxy) is 1. The predicted octanol–water partition coefficient (Wildman–Crippen LogP) is 3.33. The second kappa shape index (κ2) is 6.38. The number of imidazole rings is 1. The van der Waals surface area contributed by atoms with E-state index in [-0.39, 0.29) is 23.0 Å². The molecule has 0 radical (unpaired) electrons. The average Bonchev–Trinajstić information content (AvgIpc) is 3.03. The van der Waals surface area contributed by atoms with Gasteiger partial charge in [0.2, 0.25) is 5.28 Å². The Morgan fingerprint density at radius 3 is 2.92 bits per heavy atom. The number of nitrogens with one attached hydrogen (secondary N) is 1. The predicted molar refractivity (Wildman–Crippen MR) is 92.2 cm³/mol. The minimum Gasteiger partial charge on any atom is -0.508 e. The van der Waals surface area contributed by atoms with Gasteiger partial charge in [0.25, 0.3) is 0 Å². The van der Waals surface area contributed by atoms with Crippen molar-refractivity contribution < 1.29 is 14.9 Å². The lowest BCUT2D eigenvalue weighted by molar-refractivity contribution is -0.0298. The first-order chi connectivity index (χ1) is 12.1. The van der Waals surface area contributed by atoms with E-state index in [9.17, 15) is 10.2 Å². The molecule has 9 heteroatoms. The molecule has 0 bridgehead atoms. The van der Waals surface area contributed by atoms with Crippen LogP contribution in [-0.2, 0) is 4.74 Å². The lowest BCUT2D eigenvalue weighted by atomic mass is 10.2. The summed E-state index contributed by atoms with van der Waals surface area (Å²) in [4.78, 5) is 12.8. The van der Waals surface area contributed by atoms with E-state index in [2.05, 4.69) is 20.3 Å². The maximum atomic E-state index is 9.95. The average molecular weight is 362 g/mol. The fourth-order valence-electron chi connectivity index (χ4n) is 2.88. The summed E-state index contributed by atoms with van der Waals surface area (Å²) in [6.45, 7) is 0.700. The number of hydrogen-bond donors (Lipinski definition) is 3. The molecule has 3 N–H and O–H groups in total. The van der Waals surface area contributed by atoms with Crippen LogP contribution in [0.5, 0.6) is 11.5 Å². The maximum absolute atomic E-state index is 9.95. The van der Waals surface area contributed by atoms with Crippen molar-refractivity contribution in [3.63, 3.8) is 0 Å². The van der Waals surface area contributed by atoms with Crippen LogP contribution in [0.3, 0.4) is 0 Å². The Kier molecular flexibility index (Phi) is 4.06. The van der Waals surface area contributed by atoms with E-state index in [0.717, 1.165) is 19.3 Å². The summed E-state index contributed by atoms with van der Waals surface area (Å²) in [7, 11) is 0. The zero-order valence-electron chi connectivity index (χ0n) is 13.2. The van der Waals surface area contributed by atoms with Gasteiger partial charge in [0.05, 0.1) is 12.0 Å². The molecule has 0 spiro atoms. The van der Waals surface area contributed by atoms with Crippen molar-refractivity contribution in [2.75, 3.05) is 11.9 Å². The standard InChI is InChI=1S/C16H16ClN5O3/c17-16-20-14(19-10-7-9(23)4-5-11(10)24)13-15(21-16)22(8-18-13)12-3-1-2-6-25-12/h4-5,7-8,12,23-24H,1-3,6H2,(H,19,20,21). The summed E-state index contributed by atoms with van der Waals surface area (Å²) in [5, 5.41) is 22.6. The summed E-state index contributed by atoms with van der Waals surface area (Å²) in [6, 6.07) is 4.16. The van der Waals surface area contributed by atoms with Gasteiger partial charge in [0.1, 0.15) is 17.7 Å². The van der Waals surface area contributed by atoms with Gasteiger partial charge in [-0.3, -0.25) is 4.57 Å². The number of phenolic OH excluding ortho intramolecular Hbond substituents is 2. The highest BCUT2D eigenvalue weighted by atomic mass is 35.5. The third kappa shape index (κ3) is 3.06. The van der Waals surface area contributed by atoms with E-state index < -0.39 is 0 Å². The summed E-state index contributed by atoms with van der Waals surface area (Å²) in [5.41, 5.74) is 1.34. The Labute approximate surface area is 148 Å². The van der Waals surface area contributed by atoms with Crippen LogP contribution in [0.4, 0.5) is 11.5 Å². The van der Waals surface area contributed by atoms with E-state index >= 15 is 0 Å². The third-order valence-corrected chi connectivity index (χ3v) is 4.26. The molecule has 3 heterocycles. The first kappa shape index (κ1) is 15.9. The molecule has 1 aliphatic heterocycles. The molecule has 4 rings (SSSR count). The molecule has 1 atom stereocenters. The highest BCUT2D eigenvalue weighted by Gasteiger charge is 2.21. The number of aromatic hydroxyl groups is 2. The number of nitrogens with zero attached hydrogens (tertiary/aromatic N) is 4. The van der Waals surface area contributed by atoms with Crippen LogP contribution >= 0.6 is 11.6 Å². The van der Waals surface area contributed by atoms with Gasteiger partial charge in [-0.1, -0.05) is 0 Å². The van der Waals surface area contributed by atoms with Crippen LogP contribution < -0.4 is 5.32 Å². The molecule has 1 unspecified atom stereocenters. The van der Waals surface area contributed by atoms with Crippen LogP contribution in [0.25, 0.3) is 11.2 Å². The van der Waals surface area contributed by atoms with Crippen molar-refractivity contribution in [3.8, 4) is 11.5 Å². The second-order valence-corrected chi connectivity index (χ2v) is 6.15. The van der Waals surface area contributed by atoms with Crippen molar-refractivity contribution in [1.82, 2.24) is 19.5 Å². The van der Waals surface area contributed by atoms with Gasteiger partial charge in [-0.15, -0.1) is 0 Å². The quantitative estimate of drug-likeness (QED) is 0.373. The van der Waals surface area contributed by atoms with Gasteiger partial charge < -0.3 is 20.3 Å². The van der Waals surface area contributed by atoms with Crippen molar-refractivity contribution in [1.29, 1.82) is 0 Å². The van der Waals surface area contributed by atoms with Crippen LogP contribution in [0.2, 0.25) is 5.28 Å². The second-order valence-electron chi connectivity index (χ2n) is 5.81. The van der Waals surface area contributed by atoms with Crippen molar-refractivity contribution in [2.45, 2.75) is 25.5 Å². The van der Waals surface area contributed by atoms with E-state index in [4.69, 9.17) is 16.3 Å². The molecular formula is C16H16ClN5O3. The van der Waals surface area contributed by atoms with Gasteiger partial charge >= 0.3 is 0 Å². The van der Waals surface area contributed by atoms with Gasteiger partial charge in [0.15, 0.2) is 17.0 Å². The number of halogens is 1. The minimum atomic E-state index is -0.133. The molecule has 1 aliphatic rings. The fraction of sp³-hybridized carbons (Fsp3) is 0.312. The van der Waals surface area contributed by atoms with Crippen molar-refractivity contribution >= 4 is 34.3 Å². The number of phenols is 2. The summed E-state index contributed by atoms with van der Waals surface area (Å²) < 4.78 is 7.63. The zero-order valence-corrected chi connectivity index (χ0v) is 13.9. The zero-order chi connectivity index (χ0) is 17.4. The Morgan fingerprint density at radius 1 is 1.24 bits per heavy atom. The summed E-state index contributed by atoms with van der Waals surface area (Å²) in [6.07, 6.45) is 4.52. The molecule has 1 saturated heterocycles. The molecule has 0 amide bonds. The highest BCUT2D eigenvalue weighted by Crippen LogP contribution is 2.33. The van der Waals surface area contributed by atoms with Crippen molar-refractivity contribution in [2.24, 2.45) is 0 Å². The largest absolute Gasteiger partial charge is 0.508 e. The summed E-state index contributed by atoms with van der Waals surface area (Å²) in [5.74, 6) is 0.319. The molecule has 130 valence electrons. The van der Waals surface area contributed by atoms with Crippen LogP contribution in [0, 0.1) is 0 Å². The van der Waals surface area contributed by atoms with E-state index in [1.165, 1.54) is 18.2 Å². The van der Waals surface area contributed by atoms with Crippen LogP contribution in [0.15, 0.2) is 24.5 Å². The molecule has 8 nitrogen and oxygen atoms in total. The molecule has 2 aromatic heterocycles. The summed E-state index contributed by atoms with van der Waals surface area (Å²) >= 11 is 6.07. The Bertz CT molecular complexity index is 924. The topological polar surface area (TPSA) is 105 Å². The molecule has 1 fully saturated rings. The lowest BCUT2D eigenvalue weighted by Gasteiger charge is -2.23. The number of aromatic nitrogens is 4. The normalized spacial score (nSPS) is 17.7. The van der Waals surface area contributed by atoms with Crippen molar-refractivity contribution in [3.05, 3.63) is 29.8 Å². The fourth-order valence-corrected chi connectivity index (χ4v) is 3.05. The number of anilines is 2. The smallest absolute Gasteiger partial charge is 0.226 e. The van der Waals surface area contributed by atoms with Crippen LogP contribution in [0.1, 0.15) is 25.5 Å². The Balaban J connectivity index is 1.76. The number of rotatable bonds is 3. The first-order valence-corrected chi connectivity index (χ1v) is 8.30. The number of benzene rings is 1. The first-order valence-electron chi connectivity index (χ1n) is 7.92. The number of hydrogen-bond acceptors (Lipinski definition) is 7. The third-order valence-electron chi connectivity index (χ3n) is 4.09. The molecule has 1 aromatic carbocycles. The van der Waals surface area contributed by atoms with Crippen LogP contribution in [-0.4, -0.2) is 36.3 Å². The van der Waals surface area contributed by atoms with E-state index in [1.807, 2.05) is 4.57 Å². The SMILES string of the molecule is Oc1ccc(O)c(Nc2nc(Cl)nc3c2ncn3C2CCCCO2)c1. The number of fused-ring (bicyclic) bond motifs is 1. The van der Waals surface area contributed by atoms with Gasteiger partial charge in [-0.2, -0.15) is 9.97 Å². The maximum Gasteiger partial charge on any atom is 0.226 e. The van der Waals surface area contributed by atoms with Gasteiger partial charge in [-0.25, -0.2) is 4.98 Å². The Hall–Kier alpha value is -2.58. The molecule has 0 saturated carbocycles. The molecule has 3 aromatic rings. The Morgan fingerprint density at radius 2 is 2.12 bits per heavy atom. The van der Waals surface area contributed by atoms with Gasteiger partial charge in [0, 0.05) is 12.7 Å². The highest BCUT2D eigenvalue weighted by molar-refractivity contribution is 6.28. The van der Waals surface area contributed by atoms with E-state index in [0.29, 0.717) is 29.3 Å². The molecule has 0 aliphatic carbocycles. The molecule has 25 heavy (non-hydrogen) atoms.